The van der Waals surface area contributed by atoms with Gasteiger partial charge in [-0.3, -0.25) is 4.79 Å². The third-order valence-electron chi connectivity index (χ3n) is 4.36. The van der Waals surface area contributed by atoms with Gasteiger partial charge in [0.15, 0.2) is 9.84 Å². The number of primary amides is 1. The molecule has 0 unspecified atom stereocenters. The normalized spacial score (nSPS) is 11.7. The summed E-state index contributed by atoms with van der Waals surface area (Å²) in [6.07, 6.45) is 1.13. The highest BCUT2D eigenvalue weighted by Crippen LogP contribution is 2.22. The Hall–Kier alpha value is -3.86. The first-order valence-corrected chi connectivity index (χ1v) is 10.0. The summed E-state index contributed by atoms with van der Waals surface area (Å²) in [6, 6.07) is 10.3. The van der Waals surface area contributed by atoms with Crippen LogP contribution >= 0.6 is 0 Å². The van der Waals surface area contributed by atoms with Gasteiger partial charge in [-0.1, -0.05) is 6.07 Å². The van der Waals surface area contributed by atoms with E-state index in [0.29, 0.717) is 16.7 Å². The van der Waals surface area contributed by atoms with Crippen LogP contribution in [0.5, 0.6) is 5.88 Å². The number of hydrogen-bond acceptors (Lipinski definition) is 6. The first-order chi connectivity index (χ1) is 13.8. The summed E-state index contributed by atoms with van der Waals surface area (Å²) in [6.45, 7) is 0. The fraction of sp³-hybridized carbons (Fsp3) is 0.0556. The van der Waals surface area contributed by atoms with Gasteiger partial charge in [-0.25, -0.2) is 22.8 Å². The SMILES string of the molecule is NC(=O)c1cccc2[nH]c(CS(=O)(=O)c3ccc(-n4c(O)c[nH]c4=O)cc3)nc12. The number of amides is 1. The number of carbonyl (C=O) groups is 1. The summed E-state index contributed by atoms with van der Waals surface area (Å²) in [5.74, 6) is -1.21. The van der Waals surface area contributed by atoms with Crippen molar-refractivity contribution >= 4 is 26.8 Å². The number of imidazole rings is 2. The van der Waals surface area contributed by atoms with Crippen molar-refractivity contribution in [1.29, 1.82) is 0 Å². The molecular formula is C18H15N5O5S. The van der Waals surface area contributed by atoms with Gasteiger partial charge in [0.05, 0.1) is 27.9 Å². The Morgan fingerprint density at radius 1 is 1.17 bits per heavy atom. The molecule has 0 spiro atoms. The number of nitrogens with two attached hydrogens (primary N) is 1. The van der Waals surface area contributed by atoms with E-state index in [1.165, 1.54) is 30.3 Å². The lowest BCUT2D eigenvalue weighted by molar-refractivity contribution is 0.100. The molecule has 29 heavy (non-hydrogen) atoms. The van der Waals surface area contributed by atoms with Gasteiger partial charge < -0.3 is 20.8 Å². The number of aromatic hydroxyl groups is 1. The van der Waals surface area contributed by atoms with E-state index >= 15 is 0 Å². The Morgan fingerprint density at radius 2 is 1.90 bits per heavy atom. The number of H-pyrrole nitrogens is 2. The van der Waals surface area contributed by atoms with Gasteiger partial charge in [0, 0.05) is 0 Å². The van der Waals surface area contributed by atoms with E-state index in [2.05, 4.69) is 15.0 Å². The van der Waals surface area contributed by atoms with Crippen molar-refractivity contribution in [3.05, 3.63) is 70.5 Å². The largest absolute Gasteiger partial charge is 0.493 e. The van der Waals surface area contributed by atoms with Crippen molar-refractivity contribution in [3.8, 4) is 11.6 Å². The standard InChI is InChI=1S/C18H15N5O5S/c19-17(25)12-2-1-3-13-16(12)22-14(21-13)9-29(27,28)11-6-4-10(5-7-11)23-15(24)8-20-18(23)26/h1-8,24H,9H2,(H2,19,25)(H,20,26)(H,21,22). The maximum absolute atomic E-state index is 12.8. The average molecular weight is 413 g/mol. The Morgan fingerprint density at radius 3 is 2.52 bits per heavy atom. The summed E-state index contributed by atoms with van der Waals surface area (Å²) >= 11 is 0. The molecule has 0 aliphatic carbocycles. The second kappa shape index (κ2) is 6.63. The first kappa shape index (κ1) is 18.5. The highest BCUT2D eigenvalue weighted by molar-refractivity contribution is 7.90. The molecular weight excluding hydrogens is 398 g/mol. The van der Waals surface area contributed by atoms with Crippen LogP contribution in [0.3, 0.4) is 0 Å². The molecule has 4 aromatic rings. The molecule has 0 saturated carbocycles. The summed E-state index contributed by atoms with van der Waals surface area (Å²) in [7, 11) is -3.77. The number of hydrogen-bond donors (Lipinski definition) is 4. The fourth-order valence-corrected chi connectivity index (χ4v) is 4.24. The number of nitrogens with zero attached hydrogens (tertiary/aromatic N) is 2. The van der Waals surface area contributed by atoms with E-state index in [0.717, 1.165) is 10.8 Å². The van der Waals surface area contributed by atoms with E-state index in [1.54, 1.807) is 12.1 Å². The molecule has 0 aliphatic rings. The molecule has 10 nitrogen and oxygen atoms in total. The molecule has 148 valence electrons. The molecule has 2 heterocycles. The van der Waals surface area contributed by atoms with Gasteiger partial charge in [-0.05, 0) is 36.4 Å². The van der Waals surface area contributed by atoms with Crippen LogP contribution in [0.25, 0.3) is 16.7 Å². The molecule has 0 fully saturated rings. The quantitative estimate of drug-likeness (QED) is 0.378. The van der Waals surface area contributed by atoms with Crippen LogP contribution in [0.1, 0.15) is 16.2 Å². The number of benzene rings is 2. The number of carbonyl (C=O) groups excluding carboxylic acids is 1. The second-order valence-electron chi connectivity index (χ2n) is 6.29. The Balaban J connectivity index is 1.66. The minimum atomic E-state index is -3.77. The Bertz CT molecular complexity index is 1400. The average Bonchev–Trinajstić information content (AvgIpc) is 3.23. The number of fused-ring (bicyclic) bond motifs is 1. The van der Waals surface area contributed by atoms with E-state index in [-0.39, 0.29) is 22.2 Å². The Kier molecular flexibility index (Phi) is 4.23. The maximum atomic E-state index is 12.8. The van der Waals surface area contributed by atoms with Crippen molar-refractivity contribution in [3.63, 3.8) is 0 Å². The highest BCUT2D eigenvalue weighted by Gasteiger charge is 2.20. The molecule has 0 saturated heterocycles. The third kappa shape index (κ3) is 3.27. The van der Waals surface area contributed by atoms with Gasteiger partial charge in [0.1, 0.15) is 17.1 Å². The monoisotopic (exact) mass is 413 g/mol. The van der Waals surface area contributed by atoms with Crippen molar-refractivity contribution in [2.45, 2.75) is 10.6 Å². The molecule has 0 atom stereocenters. The lowest BCUT2D eigenvalue weighted by Gasteiger charge is -2.06. The van der Waals surface area contributed by atoms with Crippen LogP contribution in [0.15, 0.2) is 58.4 Å². The van der Waals surface area contributed by atoms with Crippen LogP contribution in [-0.4, -0.2) is 39.0 Å². The molecule has 2 aromatic carbocycles. The first-order valence-electron chi connectivity index (χ1n) is 8.36. The zero-order chi connectivity index (χ0) is 20.8. The van der Waals surface area contributed by atoms with Gasteiger partial charge in [0.25, 0.3) is 5.91 Å². The number of para-hydroxylation sites is 1. The van der Waals surface area contributed by atoms with Crippen molar-refractivity contribution in [1.82, 2.24) is 19.5 Å². The highest BCUT2D eigenvalue weighted by atomic mass is 32.2. The van der Waals surface area contributed by atoms with Gasteiger partial charge in [0.2, 0.25) is 5.88 Å². The van der Waals surface area contributed by atoms with Crippen LogP contribution in [-0.2, 0) is 15.6 Å². The lowest BCUT2D eigenvalue weighted by Crippen LogP contribution is -2.14. The predicted octanol–water partition coefficient (Wildman–Crippen LogP) is 0.820. The lowest BCUT2D eigenvalue weighted by atomic mass is 10.2. The van der Waals surface area contributed by atoms with Crippen LogP contribution < -0.4 is 11.4 Å². The van der Waals surface area contributed by atoms with Crippen LogP contribution in [0.2, 0.25) is 0 Å². The predicted molar refractivity (Wildman–Crippen MR) is 104 cm³/mol. The fourth-order valence-electron chi connectivity index (χ4n) is 3.03. The number of sulfone groups is 1. The smallest absolute Gasteiger partial charge is 0.333 e. The molecule has 0 aliphatic heterocycles. The van der Waals surface area contributed by atoms with Crippen molar-refractivity contribution in [2.24, 2.45) is 5.73 Å². The van der Waals surface area contributed by atoms with E-state index in [4.69, 9.17) is 5.73 Å². The summed E-state index contributed by atoms with van der Waals surface area (Å²) in [5.41, 5.74) is 6.09. The molecule has 5 N–H and O–H groups in total. The minimum absolute atomic E-state index is 0.0138. The molecule has 0 radical (unpaired) electrons. The number of nitrogens with one attached hydrogen (secondary N) is 2. The van der Waals surface area contributed by atoms with Gasteiger partial charge in [-0.15, -0.1) is 0 Å². The molecule has 1 amide bonds. The number of aromatic nitrogens is 4. The van der Waals surface area contributed by atoms with Crippen LogP contribution in [0, 0.1) is 0 Å². The van der Waals surface area contributed by atoms with E-state index in [1.807, 2.05) is 0 Å². The summed E-state index contributed by atoms with van der Waals surface area (Å²) in [5, 5.41) is 9.71. The maximum Gasteiger partial charge on any atom is 0.333 e. The molecule has 4 rings (SSSR count). The van der Waals surface area contributed by atoms with Gasteiger partial charge >= 0.3 is 5.69 Å². The zero-order valence-electron chi connectivity index (χ0n) is 14.8. The van der Waals surface area contributed by atoms with E-state index in [9.17, 15) is 23.1 Å². The summed E-state index contributed by atoms with van der Waals surface area (Å²) < 4.78 is 26.5. The third-order valence-corrected chi connectivity index (χ3v) is 6.01. The summed E-state index contributed by atoms with van der Waals surface area (Å²) in [4.78, 5) is 32.7. The second-order valence-corrected chi connectivity index (χ2v) is 8.28. The Labute approximate surface area is 163 Å². The van der Waals surface area contributed by atoms with Crippen molar-refractivity contribution in [2.75, 3.05) is 0 Å². The van der Waals surface area contributed by atoms with E-state index < -0.39 is 27.2 Å². The molecule has 2 aromatic heterocycles. The minimum Gasteiger partial charge on any atom is -0.493 e. The van der Waals surface area contributed by atoms with Crippen LogP contribution in [0.4, 0.5) is 0 Å². The number of aromatic amines is 2. The van der Waals surface area contributed by atoms with Crippen molar-refractivity contribution < 1.29 is 18.3 Å². The topological polar surface area (TPSA) is 164 Å². The number of rotatable bonds is 5. The molecule has 11 heteroatoms. The van der Waals surface area contributed by atoms with Gasteiger partial charge in [-0.2, -0.15) is 0 Å². The zero-order valence-corrected chi connectivity index (χ0v) is 15.6. The molecule has 0 bridgehead atoms.